The predicted octanol–water partition coefficient (Wildman–Crippen LogP) is 6.78. The Labute approximate surface area is 251 Å². The van der Waals surface area contributed by atoms with E-state index in [2.05, 4.69) is 0 Å². The molecule has 42 heavy (non-hydrogen) atoms. The molecule has 2 amide bonds. The van der Waals surface area contributed by atoms with E-state index in [-0.39, 0.29) is 39.8 Å². The van der Waals surface area contributed by atoms with Crippen LogP contribution in [0.15, 0.2) is 72.8 Å². The number of hydrogen-bond acceptors (Lipinski definition) is 6. The summed E-state index contributed by atoms with van der Waals surface area (Å²) in [7, 11) is 0. The number of halogens is 2. The van der Waals surface area contributed by atoms with Crippen molar-refractivity contribution in [1.29, 1.82) is 0 Å². The topological polar surface area (TPSA) is 93.6 Å². The Morgan fingerprint density at radius 2 is 1.55 bits per heavy atom. The summed E-state index contributed by atoms with van der Waals surface area (Å²) < 4.78 is 5.41. The molecule has 3 fully saturated rings. The van der Waals surface area contributed by atoms with Crippen LogP contribution in [0.1, 0.15) is 40.0 Å². The highest BCUT2D eigenvalue weighted by molar-refractivity contribution is 6.37. The van der Waals surface area contributed by atoms with E-state index in [4.69, 9.17) is 32.9 Å². The van der Waals surface area contributed by atoms with Crippen LogP contribution in [-0.4, -0.2) is 35.2 Å². The zero-order valence-electron chi connectivity index (χ0n) is 22.3. The molecule has 1 aliphatic heterocycles. The van der Waals surface area contributed by atoms with Gasteiger partial charge < -0.3 is 4.74 Å². The maximum atomic E-state index is 13.2. The van der Waals surface area contributed by atoms with Crippen LogP contribution in [-0.2, 0) is 14.3 Å². The molecule has 1 saturated heterocycles. The minimum Gasteiger partial charge on any atom is -0.454 e. The molecule has 0 unspecified atom stereocenters. The monoisotopic (exact) mass is 598 g/mol. The molecule has 0 spiro atoms. The molecule has 3 aromatic carbocycles. The van der Waals surface area contributed by atoms with Crippen molar-refractivity contribution in [3.63, 3.8) is 0 Å². The lowest BCUT2D eigenvalue weighted by Crippen LogP contribution is -2.32. The van der Waals surface area contributed by atoms with Crippen molar-refractivity contribution in [2.75, 3.05) is 11.5 Å². The number of esters is 1. The summed E-state index contributed by atoms with van der Waals surface area (Å²) in [5, 5.41) is 1.15. The van der Waals surface area contributed by atoms with E-state index in [9.17, 15) is 19.2 Å². The summed E-state index contributed by atoms with van der Waals surface area (Å²) in [5.41, 5.74) is 2.78. The van der Waals surface area contributed by atoms with Gasteiger partial charge in [0.15, 0.2) is 6.61 Å². The van der Waals surface area contributed by atoms with Crippen LogP contribution in [0.25, 0.3) is 22.2 Å². The third-order valence-electron chi connectivity index (χ3n) is 8.85. The van der Waals surface area contributed by atoms with Gasteiger partial charge in [-0.05, 0) is 73.6 Å². The van der Waals surface area contributed by atoms with Crippen LogP contribution < -0.4 is 4.90 Å². The second kappa shape index (κ2) is 10.3. The van der Waals surface area contributed by atoms with Gasteiger partial charge in [0.25, 0.3) is 0 Å². The maximum absolute atomic E-state index is 13.2. The summed E-state index contributed by atoms with van der Waals surface area (Å²) in [4.78, 5) is 58.5. The smallest absolute Gasteiger partial charge is 0.339 e. The number of aromatic nitrogens is 1. The number of hydrogen-bond donors (Lipinski definition) is 0. The molecule has 7 rings (SSSR count). The quantitative estimate of drug-likeness (QED) is 0.138. The SMILES string of the molecule is O=C(COC(=O)c1cc(-c2ccc(N3C(=O)[C@@H]4[C@H]5CC[C@@H](C5)[C@H]4C3=O)cc2)nc2ccccc12)c1ccc(Cl)cc1Cl. The van der Waals surface area contributed by atoms with Crippen molar-refractivity contribution >= 4 is 63.4 Å². The van der Waals surface area contributed by atoms with Crippen molar-refractivity contribution in [2.45, 2.75) is 19.3 Å². The lowest BCUT2D eigenvalue weighted by Gasteiger charge is -2.19. The highest BCUT2D eigenvalue weighted by Gasteiger charge is 2.61. The van der Waals surface area contributed by atoms with Crippen molar-refractivity contribution in [1.82, 2.24) is 4.98 Å². The van der Waals surface area contributed by atoms with Crippen LogP contribution in [0.5, 0.6) is 0 Å². The first-order chi connectivity index (χ1) is 20.3. The Bertz CT molecular complexity index is 1780. The molecule has 2 saturated carbocycles. The number of para-hydroxylation sites is 1. The highest BCUT2D eigenvalue weighted by atomic mass is 35.5. The average molecular weight is 599 g/mol. The molecular weight excluding hydrogens is 575 g/mol. The number of carbonyl (C=O) groups is 4. The van der Waals surface area contributed by atoms with Gasteiger partial charge in [0.1, 0.15) is 0 Å². The summed E-state index contributed by atoms with van der Waals surface area (Å²) in [6.45, 7) is -0.498. The van der Waals surface area contributed by atoms with E-state index in [1.54, 1.807) is 54.6 Å². The second-order valence-electron chi connectivity index (χ2n) is 11.1. The van der Waals surface area contributed by atoms with E-state index < -0.39 is 18.4 Å². The van der Waals surface area contributed by atoms with Crippen molar-refractivity contribution in [3.8, 4) is 11.3 Å². The summed E-state index contributed by atoms with van der Waals surface area (Å²) in [6.07, 6.45) is 3.04. The molecule has 4 aromatic rings. The van der Waals surface area contributed by atoms with Crippen molar-refractivity contribution < 1.29 is 23.9 Å². The van der Waals surface area contributed by atoms with Gasteiger partial charge in [-0.25, -0.2) is 9.78 Å². The largest absolute Gasteiger partial charge is 0.454 e. The summed E-state index contributed by atoms with van der Waals surface area (Å²) in [6, 6.07) is 20.3. The van der Waals surface area contributed by atoms with Gasteiger partial charge in [-0.15, -0.1) is 0 Å². The zero-order valence-corrected chi connectivity index (χ0v) is 23.8. The molecular formula is C33H24Cl2N2O5. The molecule has 0 N–H and O–H groups in total. The fourth-order valence-corrected chi connectivity index (χ4v) is 7.45. The van der Waals surface area contributed by atoms with Gasteiger partial charge in [-0.2, -0.15) is 0 Å². The Balaban J connectivity index is 1.15. The van der Waals surface area contributed by atoms with E-state index in [1.807, 2.05) is 6.07 Å². The van der Waals surface area contributed by atoms with Gasteiger partial charge in [0.2, 0.25) is 17.6 Å². The number of carbonyl (C=O) groups excluding carboxylic acids is 4. The molecule has 9 heteroatoms. The van der Waals surface area contributed by atoms with E-state index >= 15 is 0 Å². The number of amides is 2. The van der Waals surface area contributed by atoms with Crippen molar-refractivity contribution in [2.24, 2.45) is 23.7 Å². The first kappa shape index (κ1) is 26.8. The number of rotatable bonds is 6. The molecule has 0 radical (unpaired) electrons. The number of nitrogens with zero attached hydrogens (tertiary/aromatic N) is 2. The fraction of sp³-hybridized carbons (Fsp3) is 0.242. The van der Waals surface area contributed by atoms with Crippen molar-refractivity contribution in [3.05, 3.63) is 94.0 Å². The number of imide groups is 1. The second-order valence-corrected chi connectivity index (χ2v) is 12.0. The lowest BCUT2D eigenvalue weighted by molar-refractivity contribution is -0.123. The third-order valence-corrected chi connectivity index (χ3v) is 9.40. The summed E-state index contributed by atoms with van der Waals surface area (Å²) >= 11 is 12.1. The number of benzene rings is 3. The molecule has 7 nitrogen and oxygen atoms in total. The van der Waals surface area contributed by atoms with Gasteiger partial charge in [0.05, 0.1) is 39.3 Å². The highest BCUT2D eigenvalue weighted by Crippen LogP contribution is 2.56. The first-order valence-electron chi connectivity index (χ1n) is 13.8. The zero-order chi connectivity index (χ0) is 29.1. The Kier molecular flexibility index (Phi) is 6.59. The minimum absolute atomic E-state index is 0.0896. The Morgan fingerprint density at radius 1 is 0.857 bits per heavy atom. The number of fused-ring (bicyclic) bond motifs is 6. The summed E-state index contributed by atoms with van der Waals surface area (Å²) in [5.74, 6) is -1.05. The standard InChI is InChI=1S/C33H24Cl2N2O5/c34-20-9-12-23(25(35)14-20)28(38)16-42-33(41)24-15-27(36-26-4-2-1-3-22(24)26)17-7-10-21(11-8-17)37-31(39)29-18-5-6-19(13-18)30(29)32(37)40/h1-4,7-12,14-15,18-19,29-30H,5-6,13,16H2/t18-,19-,29+,30+/m0/s1. The van der Waals surface area contributed by atoms with E-state index in [1.165, 1.54) is 17.0 Å². The number of anilines is 1. The van der Waals surface area contributed by atoms with E-state index in [0.29, 0.717) is 44.7 Å². The number of ketones is 1. The van der Waals surface area contributed by atoms with Gasteiger partial charge >= 0.3 is 5.97 Å². The van der Waals surface area contributed by atoms with Crippen LogP contribution in [0.2, 0.25) is 10.0 Å². The molecule has 2 aliphatic carbocycles. The van der Waals surface area contributed by atoms with Crippen LogP contribution in [0.4, 0.5) is 5.69 Å². The number of ether oxygens (including phenoxy) is 1. The normalized spacial score (nSPS) is 22.6. The molecule has 3 aliphatic rings. The first-order valence-corrected chi connectivity index (χ1v) is 14.6. The molecule has 2 bridgehead atoms. The minimum atomic E-state index is -0.681. The van der Waals surface area contributed by atoms with Gasteiger partial charge in [-0.1, -0.05) is 53.5 Å². The third kappa shape index (κ3) is 4.39. The fourth-order valence-electron chi connectivity index (χ4n) is 6.94. The molecule has 2 heterocycles. The predicted molar refractivity (Wildman–Crippen MR) is 159 cm³/mol. The average Bonchev–Trinajstić information content (AvgIpc) is 3.68. The van der Waals surface area contributed by atoms with Gasteiger partial charge in [-0.3, -0.25) is 19.3 Å². The van der Waals surface area contributed by atoms with Crippen LogP contribution in [0.3, 0.4) is 0 Å². The Hall–Kier alpha value is -4.07. The molecule has 210 valence electrons. The van der Waals surface area contributed by atoms with Crippen LogP contribution >= 0.6 is 23.2 Å². The maximum Gasteiger partial charge on any atom is 0.339 e. The Morgan fingerprint density at radius 3 is 2.24 bits per heavy atom. The van der Waals surface area contributed by atoms with E-state index in [0.717, 1.165) is 19.3 Å². The molecule has 4 atom stereocenters. The lowest BCUT2D eigenvalue weighted by atomic mass is 9.81. The molecule has 1 aromatic heterocycles. The van der Waals surface area contributed by atoms with Crippen LogP contribution in [0, 0.1) is 23.7 Å². The number of Topliss-reactive ketones (excluding diaryl/α,β-unsaturated/α-hetero) is 1. The number of pyridine rings is 1. The van der Waals surface area contributed by atoms with Gasteiger partial charge in [0, 0.05) is 21.5 Å².